The third kappa shape index (κ3) is 3.47. The normalized spacial score (nSPS) is 11.8. The number of carbonyl (C=O) groups excluding carboxylic acids is 1. The Bertz CT molecular complexity index is 698. The van der Waals surface area contributed by atoms with Gasteiger partial charge in [-0.25, -0.2) is 0 Å². The van der Waals surface area contributed by atoms with Gasteiger partial charge in [0.1, 0.15) is 11.9 Å². The lowest BCUT2D eigenvalue weighted by molar-refractivity contribution is -0.113. The summed E-state index contributed by atoms with van der Waals surface area (Å²) in [5.41, 5.74) is 1.58. The maximum absolute atomic E-state index is 11.7. The molecule has 2 N–H and O–H groups in total. The lowest BCUT2D eigenvalue weighted by atomic mass is 10.0. The monoisotopic (exact) mass is 317 g/mol. The Kier molecular flexibility index (Phi) is 4.85. The molecule has 5 heteroatoms. The number of benzene rings is 2. The SMILES string of the molecule is C=CC(=O)N(C)c1cc(O)cc(C(O)c2ccc(Cl)cc2)c1. The van der Waals surface area contributed by atoms with E-state index in [0.29, 0.717) is 21.8 Å². The number of amides is 1. The van der Waals surface area contributed by atoms with Gasteiger partial charge in [0.05, 0.1) is 0 Å². The van der Waals surface area contributed by atoms with Crippen LogP contribution < -0.4 is 4.90 Å². The van der Waals surface area contributed by atoms with Crippen LogP contribution >= 0.6 is 11.6 Å². The lowest BCUT2D eigenvalue weighted by Crippen LogP contribution is -2.23. The maximum atomic E-state index is 11.7. The van der Waals surface area contributed by atoms with Gasteiger partial charge in [-0.15, -0.1) is 0 Å². The van der Waals surface area contributed by atoms with E-state index in [4.69, 9.17) is 11.6 Å². The van der Waals surface area contributed by atoms with E-state index in [2.05, 4.69) is 6.58 Å². The summed E-state index contributed by atoms with van der Waals surface area (Å²) in [6, 6.07) is 11.3. The molecular weight excluding hydrogens is 302 g/mol. The molecule has 114 valence electrons. The van der Waals surface area contributed by atoms with Gasteiger partial charge in [-0.3, -0.25) is 4.79 Å². The third-order valence-corrected chi connectivity index (χ3v) is 3.57. The van der Waals surface area contributed by atoms with Crippen molar-refractivity contribution in [3.63, 3.8) is 0 Å². The van der Waals surface area contributed by atoms with Crippen LogP contribution in [0.3, 0.4) is 0 Å². The van der Waals surface area contributed by atoms with Crippen LogP contribution in [0.5, 0.6) is 5.75 Å². The molecule has 0 heterocycles. The van der Waals surface area contributed by atoms with Gasteiger partial charge in [0, 0.05) is 23.8 Å². The molecule has 22 heavy (non-hydrogen) atoms. The first kappa shape index (κ1) is 16.1. The number of nitrogens with zero attached hydrogens (tertiary/aromatic N) is 1. The minimum atomic E-state index is -0.935. The summed E-state index contributed by atoms with van der Waals surface area (Å²) in [5, 5.41) is 20.8. The maximum Gasteiger partial charge on any atom is 0.250 e. The fourth-order valence-corrected chi connectivity index (χ4v) is 2.20. The second kappa shape index (κ2) is 6.64. The van der Waals surface area contributed by atoms with Gasteiger partial charge in [0.2, 0.25) is 5.91 Å². The van der Waals surface area contributed by atoms with Gasteiger partial charge in [0.15, 0.2) is 0 Å². The number of aliphatic hydroxyl groups is 1. The zero-order valence-electron chi connectivity index (χ0n) is 12.0. The van der Waals surface area contributed by atoms with Crippen molar-refractivity contribution in [1.82, 2.24) is 0 Å². The summed E-state index contributed by atoms with van der Waals surface area (Å²) in [7, 11) is 1.57. The van der Waals surface area contributed by atoms with Crippen LogP contribution in [0.25, 0.3) is 0 Å². The van der Waals surface area contributed by atoms with Crippen LogP contribution in [-0.4, -0.2) is 23.2 Å². The van der Waals surface area contributed by atoms with E-state index in [0.717, 1.165) is 0 Å². The van der Waals surface area contributed by atoms with Crippen LogP contribution in [0, 0.1) is 0 Å². The van der Waals surface area contributed by atoms with Gasteiger partial charge in [-0.2, -0.15) is 0 Å². The summed E-state index contributed by atoms with van der Waals surface area (Å²) < 4.78 is 0. The van der Waals surface area contributed by atoms with Crippen molar-refractivity contribution in [2.75, 3.05) is 11.9 Å². The molecular formula is C17H16ClNO3. The Morgan fingerprint density at radius 3 is 2.45 bits per heavy atom. The minimum absolute atomic E-state index is 0.0378. The number of carbonyl (C=O) groups is 1. The standard InChI is InChI=1S/C17H16ClNO3/c1-3-16(21)19(2)14-8-12(9-15(20)10-14)17(22)11-4-6-13(18)7-5-11/h3-10,17,20,22H,1H2,2H3. The zero-order chi connectivity index (χ0) is 16.3. The molecule has 0 fully saturated rings. The highest BCUT2D eigenvalue weighted by atomic mass is 35.5. The fraction of sp³-hybridized carbons (Fsp3) is 0.118. The lowest BCUT2D eigenvalue weighted by Gasteiger charge is -2.19. The van der Waals surface area contributed by atoms with E-state index in [1.807, 2.05) is 0 Å². The van der Waals surface area contributed by atoms with Crippen molar-refractivity contribution >= 4 is 23.2 Å². The van der Waals surface area contributed by atoms with Crippen molar-refractivity contribution in [2.24, 2.45) is 0 Å². The fourth-order valence-electron chi connectivity index (χ4n) is 2.07. The molecule has 2 aromatic rings. The van der Waals surface area contributed by atoms with E-state index in [9.17, 15) is 15.0 Å². The van der Waals surface area contributed by atoms with Crippen LogP contribution in [0.15, 0.2) is 55.1 Å². The van der Waals surface area contributed by atoms with Crippen LogP contribution in [0.4, 0.5) is 5.69 Å². The molecule has 0 aliphatic carbocycles. The molecule has 2 aromatic carbocycles. The molecule has 0 saturated carbocycles. The van der Waals surface area contributed by atoms with Crippen molar-refractivity contribution < 1.29 is 15.0 Å². The number of phenols is 1. The van der Waals surface area contributed by atoms with Crippen LogP contribution in [0.2, 0.25) is 5.02 Å². The summed E-state index contributed by atoms with van der Waals surface area (Å²) in [5.74, 6) is -0.346. The van der Waals surface area contributed by atoms with E-state index in [-0.39, 0.29) is 11.7 Å². The number of hydrogen-bond donors (Lipinski definition) is 2. The average molecular weight is 318 g/mol. The second-order valence-corrected chi connectivity index (χ2v) is 5.27. The number of phenolic OH excluding ortho intramolecular Hbond substituents is 1. The van der Waals surface area contributed by atoms with Crippen molar-refractivity contribution in [2.45, 2.75) is 6.10 Å². The number of rotatable bonds is 4. The Hall–Kier alpha value is -2.30. The van der Waals surface area contributed by atoms with Gasteiger partial charge < -0.3 is 15.1 Å². The molecule has 0 spiro atoms. The molecule has 1 atom stereocenters. The number of likely N-dealkylation sites (N-methyl/N-ethyl adjacent to an activating group) is 1. The first-order chi connectivity index (χ1) is 10.4. The summed E-state index contributed by atoms with van der Waals surface area (Å²) in [6.07, 6.45) is 0.245. The molecule has 0 bridgehead atoms. The topological polar surface area (TPSA) is 60.8 Å². The van der Waals surface area contributed by atoms with E-state index >= 15 is 0 Å². The molecule has 4 nitrogen and oxygen atoms in total. The molecule has 1 amide bonds. The van der Waals surface area contributed by atoms with Gasteiger partial charge in [-0.1, -0.05) is 30.3 Å². The highest BCUT2D eigenvalue weighted by Gasteiger charge is 2.15. The van der Waals surface area contributed by atoms with Gasteiger partial charge in [0.25, 0.3) is 0 Å². The molecule has 0 aliphatic rings. The van der Waals surface area contributed by atoms with Crippen molar-refractivity contribution in [3.8, 4) is 5.75 Å². The number of halogens is 1. The molecule has 1 unspecified atom stereocenters. The Labute approximate surface area is 133 Å². The average Bonchev–Trinajstić information content (AvgIpc) is 2.52. The summed E-state index contributed by atoms with van der Waals surface area (Å²) in [4.78, 5) is 13.0. The summed E-state index contributed by atoms with van der Waals surface area (Å²) in [6.45, 7) is 3.43. The molecule has 0 aliphatic heterocycles. The number of aliphatic hydroxyl groups excluding tert-OH is 1. The Balaban J connectivity index is 2.39. The third-order valence-electron chi connectivity index (χ3n) is 3.32. The number of anilines is 1. The van der Waals surface area contributed by atoms with Gasteiger partial charge in [-0.05, 0) is 41.5 Å². The molecule has 2 rings (SSSR count). The first-order valence-electron chi connectivity index (χ1n) is 6.60. The van der Waals surface area contributed by atoms with Crippen LogP contribution in [0.1, 0.15) is 17.2 Å². The largest absolute Gasteiger partial charge is 0.508 e. The molecule has 0 radical (unpaired) electrons. The predicted molar refractivity (Wildman–Crippen MR) is 87.2 cm³/mol. The Morgan fingerprint density at radius 1 is 1.23 bits per heavy atom. The van der Waals surface area contributed by atoms with Crippen LogP contribution in [-0.2, 0) is 4.79 Å². The smallest absolute Gasteiger partial charge is 0.250 e. The van der Waals surface area contributed by atoms with E-state index in [1.165, 1.54) is 23.1 Å². The summed E-state index contributed by atoms with van der Waals surface area (Å²) >= 11 is 5.83. The highest BCUT2D eigenvalue weighted by Crippen LogP contribution is 2.30. The van der Waals surface area contributed by atoms with Crippen molar-refractivity contribution in [3.05, 3.63) is 71.3 Å². The Morgan fingerprint density at radius 2 is 1.86 bits per heavy atom. The zero-order valence-corrected chi connectivity index (χ0v) is 12.8. The quantitative estimate of drug-likeness (QED) is 0.851. The minimum Gasteiger partial charge on any atom is -0.508 e. The molecule has 0 aromatic heterocycles. The second-order valence-electron chi connectivity index (χ2n) is 4.84. The highest BCUT2D eigenvalue weighted by molar-refractivity contribution is 6.30. The number of aromatic hydroxyl groups is 1. The van der Waals surface area contributed by atoms with Crippen molar-refractivity contribution in [1.29, 1.82) is 0 Å². The number of hydrogen-bond acceptors (Lipinski definition) is 3. The first-order valence-corrected chi connectivity index (χ1v) is 6.97. The predicted octanol–water partition coefficient (Wildman–Crippen LogP) is 3.28. The van der Waals surface area contributed by atoms with E-state index < -0.39 is 6.10 Å². The van der Waals surface area contributed by atoms with Gasteiger partial charge >= 0.3 is 0 Å². The van der Waals surface area contributed by atoms with E-state index in [1.54, 1.807) is 37.4 Å². The molecule has 0 saturated heterocycles.